The largest absolute Gasteiger partial charge is 0.298 e. The van der Waals surface area contributed by atoms with Crippen molar-refractivity contribution in [1.29, 1.82) is 0 Å². The van der Waals surface area contributed by atoms with E-state index in [-0.39, 0.29) is 5.39 Å². The van der Waals surface area contributed by atoms with Crippen LogP contribution in [0.3, 0.4) is 0 Å². The van der Waals surface area contributed by atoms with Crippen LogP contribution in [0.5, 0.6) is 0 Å². The Morgan fingerprint density at radius 2 is 1.79 bits per heavy atom. The first kappa shape index (κ1) is 22.8. The van der Waals surface area contributed by atoms with Crippen LogP contribution in [0.4, 0.5) is 4.39 Å². The Kier molecular flexibility index (Phi) is 6.96. The molecule has 2 aromatic carbocycles. The highest BCUT2D eigenvalue weighted by atomic mass is 35.5. The minimum atomic E-state index is -0.496. The third-order valence-electron chi connectivity index (χ3n) is 5.46. The second-order valence-electron chi connectivity index (χ2n) is 7.57. The van der Waals surface area contributed by atoms with E-state index in [2.05, 4.69) is 23.7 Å². The maximum absolute atomic E-state index is 13.9. The van der Waals surface area contributed by atoms with E-state index in [0.29, 0.717) is 22.1 Å². The molecule has 7 heteroatoms. The zero-order chi connectivity index (χ0) is 23.4. The van der Waals surface area contributed by atoms with Crippen LogP contribution in [0.15, 0.2) is 65.5 Å². The lowest BCUT2D eigenvalue weighted by atomic mass is 10.2. The molecule has 0 aliphatic heterocycles. The van der Waals surface area contributed by atoms with Gasteiger partial charge in [0.1, 0.15) is 11.6 Å². The number of nitrogens with zero attached hydrogens (tertiary/aromatic N) is 4. The van der Waals surface area contributed by atoms with Crippen molar-refractivity contribution in [2.75, 3.05) is 13.1 Å². The van der Waals surface area contributed by atoms with E-state index >= 15 is 0 Å². The van der Waals surface area contributed by atoms with Crippen molar-refractivity contribution in [3.63, 3.8) is 0 Å². The van der Waals surface area contributed by atoms with E-state index in [9.17, 15) is 9.18 Å². The van der Waals surface area contributed by atoms with Crippen molar-refractivity contribution < 1.29 is 4.39 Å². The number of pyridine rings is 1. The molecule has 0 aliphatic rings. The highest BCUT2D eigenvalue weighted by molar-refractivity contribution is 6.32. The lowest BCUT2D eigenvalue weighted by molar-refractivity contribution is 0.292. The lowest BCUT2D eigenvalue weighted by Crippen LogP contribution is -2.23. The quantitative estimate of drug-likeness (QED) is 0.359. The van der Waals surface area contributed by atoms with Crippen LogP contribution >= 0.6 is 11.6 Å². The topological polar surface area (TPSA) is 51.0 Å². The second kappa shape index (κ2) is 10.1. The number of hydrogen-bond donors (Lipinski definition) is 0. The zero-order valence-electron chi connectivity index (χ0n) is 18.5. The van der Waals surface area contributed by atoms with Crippen molar-refractivity contribution >= 4 is 34.7 Å². The van der Waals surface area contributed by atoms with Gasteiger partial charge in [-0.15, -0.1) is 0 Å². The Balaban J connectivity index is 1.82. The van der Waals surface area contributed by atoms with Crippen LogP contribution in [-0.2, 0) is 6.54 Å². The summed E-state index contributed by atoms with van der Waals surface area (Å²) in [5.74, 6) is -0.118. The summed E-state index contributed by atoms with van der Waals surface area (Å²) < 4.78 is 15.3. The van der Waals surface area contributed by atoms with Gasteiger partial charge in [0.15, 0.2) is 0 Å². The smallest absolute Gasteiger partial charge is 0.266 e. The van der Waals surface area contributed by atoms with Crippen LogP contribution < -0.4 is 5.56 Å². The lowest BCUT2D eigenvalue weighted by Gasteiger charge is -2.17. The normalized spacial score (nSPS) is 11.7. The monoisotopic (exact) mass is 462 g/mol. The molecule has 33 heavy (non-hydrogen) atoms. The van der Waals surface area contributed by atoms with Gasteiger partial charge in [-0.05, 0) is 67.7 Å². The predicted molar refractivity (Wildman–Crippen MR) is 132 cm³/mol. The molecule has 0 spiro atoms. The zero-order valence-corrected chi connectivity index (χ0v) is 19.3. The average molecular weight is 463 g/mol. The fourth-order valence-corrected chi connectivity index (χ4v) is 3.89. The molecule has 0 radical (unpaired) electrons. The summed E-state index contributed by atoms with van der Waals surface area (Å²) in [7, 11) is 0. The van der Waals surface area contributed by atoms with Gasteiger partial charge in [-0.25, -0.2) is 9.37 Å². The summed E-state index contributed by atoms with van der Waals surface area (Å²) in [4.78, 5) is 25.0. The fraction of sp³-hybridized carbons (Fsp3) is 0.192. The summed E-state index contributed by atoms with van der Waals surface area (Å²) >= 11 is 6.40. The maximum atomic E-state index is 13.9. The van der Waals surface area contributed by atoms with E-state index in [1.807, 2.05) is 24.3 Å². The molecule has 5 nitrogen and oxygen atoms in total. The van der Waals surface area contributed by atoms with Gasteiger partial charge in [-0.3, -0.25) is 19.2 Å². The van der Waals surface area contributed by atoms with Crippen LogP contribution in [-0.4, -0.2) is 32.5 Å². The van der Waals surface area contributed by atoms with Gasteiger partial charge in [-0.1, -0.05) is 43.6 Å². The summed E-state index contributed by atoms with van der Waals surface area (Å²) in [5.41, 5.74) is 2.21. The number of hydrogen-bond acceptors (Lipinski definition) is 4. The van der Waals surface area contributed by atoms with E-state index in [0.717, 1.165) is 31.0 Å². The highest BCUT2D eigenvalue weighted by Crippen LogP contribution is 2.22. The Bertz CT molecular complexity index is 1380. The molecular formula is C26H24ClFN4O. The Morgan fingerprint density at radius 3 is 2.55 bits per heavy atom. The van der Waals surface area contributed by atoms with Crippen molar-refractivity contribution in [1.82, 2.24) is 19.4 Å². The molecule has 2 aromatic heterocycles. The molecule has 168 valence electrons. The Morgan fingerprint density at radius 1 is 1.00 bits per heavy atom. The Labute approximate surface area is 196 Å². The molecule has 0 aliphatic carbocycles. The predicted octanol–water partition coefficient (Wildman–Crippen LogP) is 5.59. The first-order chi connectivity index (χ1) is 16.0. The molecule has 0 amide bonds. The van der Waals surface area contributed by atoms with E-state index in [1.54, 1.807) is 30.3 Å². The van der Waals surface area contributed by atoms with E-state index < -0.39 is 11.4 Å². The second-order valence-corrected chi connectivity index (χ2v) is 7.98. The molecule has 0 bridgehead atoms. The molecular weight excluding hydrogens is 439 g/mol. The highest BCUT2D eigenvalue weighted by Gasteiger charge is 2.14. The SMILES string of the molecule is CCN(CC)Cc1cccc(/C=C\c2nc3ccc(F)cc3c(=O)n2-c2ccccc2Cl)n1. The van der Waals surface area contributed by atoms with Gasteiger partial charge in [0.05, 0.1) is 33.0 Å². The van der Waals surface area contributed by atoms with Gasteiger partial charge >= 0.3 is 0 Å². The van der Waals surface area contributed by atoms with Crippen LogP contribution in [0.1, 0.15) is 31.1 Å². The van der Waals surface area contributed by atoms with Crippen LogP contribution in [0.25, 0.3) is 28.7 Å². The van der Waals surface area contributed by atoms with E-state index in [1.165, 1.54) is 22.8 Å². The molecule has 2 heterocycles. The number of para-hydroxylation sites is 1. The third kappa shape index (κ3) is 5.02. The number of aromatic nitrogens is 3. The molecule has 4 rings (SSSR count). The maximum Gasteiger partial charge on any atom is 0.266 e. The molecule has 0 fully saturated rings. The number of rotatable bonds is 7. The van der Waals surface area contributed by atoms with E-state index in [4.69, 9.17) is 16.6 Å². The summed E-state index contributed by atoms with van der Waals surface area (Å²) in [6.07, 6.45) is 3.55. The first-order valence-corrected chi connectivity index (χ1v) is 11.2. The molecule has 0 atom stereocenters. The van der Waals surface area contributed by atoms with Crippen molar-refractivity contribution in [3.8, 4) is 5.69 Å². The summed E-state index contributed by atoms with van der Waals surface area (Å²) in [6.45, 7) is 6.91. The number of fused-ring (bicyclic) bond motifs is 1. The van der Waals surface area contributed by atoms with Gasteiger partial charge in [0.25, 0.3) is 5.56 Å². The van der Waals surface area contributed by atoms with Gasteiger partial charge < -0.3 is 0 Å². The molecule has 0 saturated heterocycles. The van der Waals surface area contributed by atoms with Crippen LogP contribution in [0.2, 0.25) is 5.02 Å². The van der Waals surface area contributed by atoms with Crippen molar-refractivity contribution in [2.45, 2.75) is 20.4 Å². The minimum absolute atomic E-state index is 0.186. The van der Waals surface area contributed by atoms with Gasteiger partial charge in [0.2, 0.25) is 0 Å². The van der Waals surface area contributed by atoms with Gasteiger partial charge in [-0.2, -0.15) is 0 Å². The average Bonchev–Trinajstić information content (AvgIpc) is 2.83. The fourth-order valence-electron chi connectivity index (χ4n) is 3.67. The number of benzene rings is 2. The number of halogens is 2. The minimum Gasteiger partial charge on any atom is -0.298 e. The Hall–Kier alpha value is -3.35. The standard InChI is InChI=1S/C26H24ClFN4O/c1-3-31(4-2)17-20-9-7-8-19(29-20)13-15-25-30-23-14-12-18(28)16-21(23)26(33)32(25)24-11-6-5-10-22(24)27/h5-16H,3-4,17H2,1-2H3/b15-13-. The summed E-state index contributed by atoms with van der Waals surface area (Å²) in [6, 6.07) is 16.9. The van der Waals surface area contributed by atoms with Crippen molar-refractivity contribution in [3.05, 3.63) is 99.1 Å². The van der Waals surface area contributed by atoms with Crippen LogP contribution in [0, 0.1) is 5.82 Å². The molecule has 0 saturated carbocycles. The molecule has 4 aromatic rings. The van der Waals surface area contributed by atoms with Gasteiger partial charge in [0, 0.05) is 6.54 Å². The first-order valence-electron chi connectivity index (χ1n) is 10.8. The summed E-state index contributed by atoms with van der Waals surface area (Å²) in [5, 5.41) is 0.581. The third-order valence-corrected chi connectivity index (χ3v) is 5.78. The van der Waals surface area contributed by atoms with Crippen molar-refractivity contribution in [2.24, 2.45) is 0 Å². The molecule has 0 unspecified atom stereocenters. The molecule has 0 N–H and O–H groups in total.